The van der Waals surface area contributed by atoms with E-state index in [-0.39, 0.29) is 11.8 Å². The summed E-state index contributed by atoms with van der Waals surface area (Å²) in [7, 11) is 3.20. The van der Waals surface area contributed by atoms with Gasteiger partial charge >= 0.3 is 5.97 Å². The number of carbonyl (C=O) groups excluding carboxylic acids is 1. The summed E-state index contributed by atoms with van der Waals surface area (Å²) in [5.74, 6) is -0.500. The highest BCUT2D eigenvalue weighted by Gasteiger charge is 2.32. The molecule has 1 aromatic rings. The Morgan fingerprint density at radius 3 is 2.56 bits per heavy atom. The van der Waals surface area contributed by atoms with Gasteiger partial charge in [-0.15, -0.1) is 0 Å². The van der Waals surface area contributed by atoms with Crippen LogP contribution in [0, 0.1) is 5.82 Å². The van der Waals surface area contributed by atoms with E-state index in [1.807, 2.05) is 18.0 Å². The molecule has 0 atom stereocenters. The standard InChI is InChI=1S/C14H20FNO2/c1-14(2,13(17)18-4)16(3)10-9-11-7-5-6-8-12(11)15/h5-8H,9-10H2,1-4H3. The van der Waals surface area contributed by atoms with E-state index in [0.29, 0.717) is 18.5 Å². The van der Waals surface area contributed by atoms with Crippen molar-refractivity contribution in [3.8, 4) is 0 Å². The first kappa shape index (κ1) is 14.6. The van der Waals surface area contributed by atoms with Crippen LogP contribution in [-0.4, -0.2) is 37.1 Å². The van der Waals surface area contributed by atoms with E-state index in [0.717, 1.165) is 0 Å². The number of rotatable bonds is 5. The van der Waals surface area contributed by atoms with Crippen LogP contribution in [0.5, 0.6) is 0 Å². The highest BCUT2D eigenvalue weighted by atomic mass is 19.1. The van der Waals surface area contributed by atoms with Crippen LogP contribution in [0.25, 0.3) is 0 Å². The number of hydrogen-bond donors (Lipinski definition) is 0. The molecule has 0 aromatic heterocycles. The third-order valence-corrected chi connectivity index (χ3v) is 3.31. The third kappa shape index (κ3) is 3.29. The molecule has 0 saturated heterocycles. The van der Waals surface area contributed by atoms with Gasteiger partial charge in [-0.1, -0.05) is 18.2 Å². The second kappa shape index (κ2) is 5.96. The van der Waals surface area contributed by atoms with Gasteiger partial charge in [-0.2, -0.15) is 0 Å². The Morgan fingerprint density at radius 2 is 2.00 bits per heavy atom. The Bertz CT molecular complexity index is 418. The molecule has 3 nitrogen and oxygen atoms in total. The molecule has 0 radical (unpaired) electrons. The van der Waals surface area contributed by atoms with Crippen LogP contribution in [0.1, 0.15) is 19.4 Å². The summed E-state index contributed by atoms with van der Waals surface area (Å²) in [5, 5.41) is 0. The molecule has 1 rings (SSSR count). The van der Waals surface area contributed by atoms with Crippen LogP contribution >= 0.6 is 0 Å². The second-order valence-electron chi connectivity index (χ2n) is 4.81. The van der Waals surface area contributed by atoms with E-state index in [1.165, 1.54) is 13.2 Å². The van der Waals surface area contributed by atoms with Crippen LogP contribution < -0.4 is 0 Å². The number of likely N-dealkylation sites (N-methyl/N-ethyl adjacent to an activating group) is 1. The summed E-state index contributed by atoms with van der Waals surface area (Å²) in [6.45, 7) is 4.17. The molecule has 0 aliphatic rings. The maximum absolute atomic E-state index is 13.5. The largest absolute Gasteiger partial charge is 0.468 e. The zero-order valence-electron chi connectivity index (χ0n) is 11.4. The summed E-state index contributed by atoms with van der Waals surface area (Å²) in [6.07, 6.45) is 0.559. The van der Waals surface area contributed by atoms with Crippen LogP contribution in [0.2, 0.25) is 0 Å². The van der Waals surface area contributed by atoms with Crippen molar-refractivity contribution in [2.24, 2.45) is 0 Å². The zero-order valence-corrected chi connectivity index (χ0v) is 11.4. The average Bonchev–Trinajstić information content (AvgIpc) is 2.36. The average molecular weight is 253 g/mol. The van der Waals surface area contributed by atoms with Gasteiger partial charge in [0.2, 0.25) is 0 Å². The summed E-state index contributed by atoms with van der Waals surface area (Å²) in [5.41, 5.74) is -0.0509. The molecule has 0 bridgehead atoms. The van der Waals surface area contributed by atoms with Gasteiger partial charge in [0.15, 0.2) is 0 Å². The number of benzene rings is 1. The second-order valence-corrected chi connectivity index (χ2v) is 4.81. The van der Waals surface area contributed by atoms with Gasteiger partial charge < -0.3 is 4.74 Å². The molecular weight excluding hydrogens is 233 g/mol. The first-order valence-corrected chi connectivity index (χ1v) is 5.92. The lowest BCUT2D eigenvalue weighted by atomic mass is 10.0. The lowest BCUT2D eigenvalue weighted by Gasteiger charge is -2.32. The molecule has 0 heterocycles. The van der Waals surface area contributed by atoms with Crippen molar-refractivity contribution in [1.29, 1.82) is 0 Å². The first-order valence-electron chi connectivity index (χ1n) is 5.92. The Morgan fingerprint density at radius 1 is 1.39 bits per heavy atom. The van der Waals surface area contributed by atoms with Gasteiger partial charge in [-0.25, -0.2) is 4.39 Å². The Hall–Kier alpha value is -1.42. The number of ether oxygens (including phenoxy) is 1. The quantitative estimate of drug-likeness (QED) is 0.754. The van der Waals surface area contributed by atoms with Gasteiger partial charge in [0.05, 0.1) is 7.11 Å². The topological polar surface area (TPSA) is 29.5 Å². The predicted molar refractivity (Wildman–Crippen MR) is 68.8 cm³/mol. The summed E-state index contributed by atoms with van der Waals surface area (Å²) in [4.78, 5) is 13.5. The predicted octanol–water partition coefficient (Wildman–Crippen LogP) is 2.25. The van der Waals surface area contributed by atoms with E-state index in [9.17, 15) is 9.18 Å². The molecule has 18 heavy (non-hydrogen) atoms. The number of methoxy groups -OCH3 is 1. The van der Waals surface area contributed by atoms with Crippen molar-refractivity contribution >= 4 is 5.97 Å². The minimum Gasteiger partial charge on any atom is -0.468 e. The molecule has 0 unspecified atom stereocenters. The third-order valence-electron chi connectivity index (χ3n) is 3.31. The number of carbonyl (C=O) groups is 1. The molecule has 1 aromatic carbocycles. The van der Waals surface area contributed by atoms with E-state index >= 15 is 0 Å². The maximum atomic E-state index is 13.5. The lowest BCUT2D eigenvalue weighted by Crippen LogP contribution is -2.49. The van der Waals surface area contributed by atoms with Crippen molar-refractivity contribution in [2.45, 2.75) is 25.8 Å². The summed E-state index contributed by atoms with van der Waals surface area (Å²) in [6, 6.07) is 6.68. The highest BCUT2D eigenvalue weighted by Crippen LogP contribution is 2.15. The van der Waals surface area contributed by atoms with Gasteiger partial charge in [0, 0.05) is 6.54 Å². The van der Waals surface area contributed by atoms with Crippen LogP contribution in [0.4, 0.5) is 4.39 Å². The molecule has 0 saturated carbocycles. The van der Waals surface area contributed by atoms with Gasteiger partial charge in [-0.05, 0) is 38.9 Å². The molecule has 0 aliphatic heterocycles. The molecule has 100 valence electrons. The number of nitrogens with zero attached hydrogens (tertiary/aromatic N) is 1. The molecule has 0 aliphatic carbocycles. The van der Waals surface area contributed by atoms with Crippen LogP contribution in [0.3, 0.4) is 0 Å². The van der Waals surface area contributed by atoms with Crippen molar-refractivity contribution in [2.75, 3.05) is 20.7 Å². The molecule has 0 spiro atoms. The Labute approximate surface area is 108 Å². The number of hydrogen-bond acceptors (Lipinski definition) is 3. The fourth-order valence-electron chi connectivity index (χ4n) is 1.67. The molecule has 0 fully saturated rings. The number of esters is 1. The molecular formula is C14H20FNO2. The van der Waals surface area contributed by atoms with E-state index in [2.05, 4.69) is 0 Å². The highest BCUT2D eigenvalue weighted by molar-refractivity contribution is 5.79. The minimum absolute atomic E-state index is 0.207. The van der Waals surface area contributed by atoms with E-state index < -0.39 is 5.54 Å². The van der Waals surface area contributed by atoms with Gasteiger partial charge in [-0.3, -0.25) is 9.69 Å². The van der Waals surface area contributed by atoms with Gasteiger partial charge in [0.1, 0.15) is 11.4 Å². The van der Waals surface area contributed by atoms with Crippen LogP contribution in [-0.2, 0) is 16.0 Å². The lowest BCUT2D eigenvalue weighted by molar-refractivity contribution is -0.152. The van der Waals surface area contributed by atoms with Crippen molar-refractivity contribution in [3.63, 3.8) is 0 Å². The summed E-state index contributed by atoms with van der Waals surface area (Å²) < 4.78 is 18.2. The summed E-state index contributed by atoms with van der Waals surface area (Å²) >= 11 is 0. The molecule has 4 heteroatoms. The van der Waals surface area contributed by atoms with Crippen molar-refractivity contribution in [3.05, 3.63) is 35.6 Å². The van der Waals surface area contributed by atoms with E-state index in [4.69, 9.17) is 4.74 Å². The van der Waals surface area contributed by atoms with Gasteiger partial charge in [0.25, 0.3) is 0 Å². The smallest absolute Gasteiger partial charge is 0.325 e. The molecule has 0 amide bonds. The van der Waals surface area contributed by atoms with Crippen LogP contribution in [0.15, 0.2) is 24.3 Å². The SMILES string of the molecule is COC(=O)C(C)(C)N(C)CCc1ccccc1F. The van der Waals surface area contributed by atoms with Crippen molar-refractivity contribution < 1.29 is 13.9 Å². The minimum atomic E-state index is -0.708. The van der Waals surface area contributed by atoms with Crippen molar-refractivity contribution in [1.82, 2.24) is 4.90 Å². The Kier molecular flexibility index (Phi) is 4.84. The fraction of sp³-hybridized carbons (Fsp3) is 0.500. The number of halogens is 1. The van der Waals surface area contributed by atoms with E-state index in [1.54, 1.807) is 26.0 Å². The maximum Gasteiger partial charge on any atom is 0.325 e. The normalized spacial score (nSPS) is 11.7. The fourth-order valence-corrected chi connectivity index (χ4v) is 1.67. The monoisotopic (exact) mass is 253 g/mol. The first-order chi connectivity index (χ1) is 8.39. The zero-order chi connectivity index (χ0) is 13.8. The Balaban J connectivity index is 2.64. The molecule has 0 N–H and O–H groups in total.